The van der Waals surface area contributed by atoms with Gasteiger partial charge >= 0.3 is 0 Å². The molecule has 2 aromatic carbocycles. The lowest BCUT2D eigenvalue weighted by Gasteiger charge is -2.36. The number of sulfonamides is 1. The fourth-order valence-corrected chi connectivity index (χ4v) is 5.53. The number of fused-ring (bicyclic) bond motifs is 5. The van der Waals surface area contributed by atoms with E-state index in [-0.39, 0.29) is 6.04 Å². The van der Waals surface area contributed by atoms with Crippen LogP contribution in [-0.4, -0.2) is 25.5 Å². The van der Waals surface area contributed by atoms with Crippen molar-refractivity contribution in [3.63, 3.8) is 0 Å². The summed E-state index contributed by atoms with van der Waals surface area (Å²) in [5.41, 5.74) is 4.88. The van der Waals surface area contributed by atoms with Gasteiger partial charge in [-0.05, 0) is 46.6 Å². The summed E-state index contributed by atoms with van der Waals surface area (Å²) < 4.78 is 26.1. The van der Waals surface area contributed by atoms with Crippen molar-refractivity contribution < 1.29 is 8.42 Å². The van der Waals surface area contributed by atoms with Gasteiger partial charge in [-0.25, -0.2) is 8.42 Å². The van der Waals surface area contributed by atoms with Crippen LogP contribution < -0.4 is 0 Å². The maximum Gasteiger partial charge on any atom is 0.211 e. The van der Waals surface area contributed by atoms with Gasteiger partial charge in [-0.1, -0.05) is 49.4 Å². The topological polar surface area (TPSA) is 37.4 Å². The molecule has 0 N–H and O–H groups in total. The van der Waals surface area contributed by atoms with Crippen molar-refractivity contribution in [2.45, 2.75) is 25.3 Å². The quantitative estimate of drug-likeness (QED) is 0.841. The molecule has 1 heterocycles. The molecule has 3 nitrogen and oxygen atoms in total. The van der Waals surface area contributed by atoms with Crippen LogP contribution in [0.1, 0.15) is 36.4 Å². The van der Waals surface area contributed by atoms with Gasteiger partial charge in [-0.15, -0.1) is 0 Å². The lowest BCUT2D eigenvalue weighted by molar-refractivity contribution is 0.191. The molecule has 0 saturated carbocycles. The second-order valence-corrected chi connectivity index (χ2v) is 8.72. The van der Waals surface area contributed by atoms with E-state index in [0.717, 1.165) is 12.0 Å². The van der Waals surface area contributed by atoms with E-state index in [1.54, 1.807) is 4.31 Å². The Morgan fingerprint density at radius 1 is 1.00 bits per heavy atom. The first-order chi connectivity index (χ1) is 11.0. The Morgan fingerprint density at radius 2 is 1.74 bits per heavy atom. The van der Waals surface area contributed by atoms with Gasteiger partial charge in [0.2, 0.25) is 10.0 Å². The van der Waals surface area contributed by atoms with Gasteiger partial charge in [-0.3, -0.25) is 0 Å². The summed E-state index contributed by atoms with van der Waals surface area (Å²) in [6.45, 7) is 2.82. The zero-order valence-corrected chi connectivity index (χ0v) is 14.3. The average molecular weight is 327 g/mol. The number of benzene rings is 2. The second kappa shape index (κ2) is 5.18. The molecule has 3 atom stereocenters. The van der Waals surface area contributed by atoms with E-state index >= 15 is 0 Å². The molecule has 1 aliphatic carbocycles. The van der Waals surface area contributed by atoms with Gasteiger partial charge in [-0.2, -0.15) is 4.31 Å². The van der Waals surface area contributed by atoms with Crippen LogP contribution in [0.4, 0.5) is 0 Å². The van der Waals surface area contributed by atoms with Crippen LogP contribution in [0.25, 0.3) is 11.1 Å². The van der Waals surface area contributed by atoms with Crippen molar-refractivity contribution in [3.8, 4) is 11.1 Å². The number of piperidine rings is 1. The van der Waals surface area contributed by atoms with E-state index < -0.39 is 10.0 Å². The van der Waals surface area contributed by atoms with Gasteiger partial charge in [0.1, 0.15) is 0 Å². The molecule has 1 aliphatic heterocycles. The van der Waals surface area contributed by atoms with Crippen molar-refractivity contribution in [1.29, 1.82) is 0 Å². The number of hydrogen-bond donors (Lipinski definition) is 0. The lowest BCUT2D eigenvalue weighted by Crippen LogP contribution is -2.40. The van der Waals surface area contributed by atoms with E-state index in [1.165, 1.54) is 22.9 Å². The Morgan fingerprint density at radius 3 is 2.43 bits per heavy atom. The van der Waals surface area contributed by atoms with Crippen molar-refractivity contribution in [2.75, 3.05) is 12.8 Å². The summed E-state index contributed by atoms with van der Waals surface area (Å²) >= 11 is 0. The zero-order chi connectivity index (χ0) is 16.2. The lowest BCUT2D eigenvalue weighted by atomic mass is 9.87. The van der Waals surface area contributed by atoms with Crippen molar-refractivity contribution in [1.82, 2.24) is 4.31 Å². The van der Waals surface area contributed by atoms with Gasteiger partial charge in [0.05, 0.1) is 12.3 Å². The summed E-state index contributed by atoms with van der Waals surface area (Å²) in [5.74, 6) is 0.831. The number of nitrogens with zero attached hydrogens (tertiary/aromatic N) is 1. The number of rotatable bonds is 2. The van der Waals surface area contributed by atoms with Gasteiger partial charge in [0.25, 0.3) is 0 Å². The first kappa shape index (κ1) is 14.9. The summed E-state index contributed by atoms with van der Waals surface area (Å²) in [5, 5.41) is 0. The molecule has 4 heteroatoms. The monoisotopic (exact) mass is 327 g/mol. The van der Waals surface area contributed by atoms with E-state index in [9.17, 15) is 8.42 Å². The smallest absolute Gasteiger partial charge is 0.211 e. The third kappa shape index (κ3) is 2.32. The Labute approximate surface area is 138 Å². The largest absolute Gasteiger partial charge is 0.212 e. The Balaban J connectivity index is 1.85. The van der Waals surface area contributed by atoms with Crippen LogP contribution in [0, 0.1) is 5.92 Å². The maximum absolute atomic E-state index is 12.2. The summed E-state index contributed by atoms with van der Waals surface area (Å²) in [7, 11) is -3.18. The predicted molar refractivity (Wildman–Crippen MR) is 92.7 cm³/mol. The Hall–Kier alpha value is -1.65. The second-order valence-electron chi connectivity index (χ2n) is 6.78. The summed E-state index contributed by atoms with van der Waals surface area (Å²) in [6, 6.07) is 16.9. The molecule has 4 rings (SSSR count). The summed E-state index contributed by atoms with van der Waals surface area (Å²) in [4.78, 5) is 0. The normalized spacial score (nSPS) is 27.0. The van der Waals surface area contributed by atoms with Crippen LogP contribution >= 0.6 is 0 Å². The minimum atomic E-state index is -3.18. The highest BCUT2D eigenvalue weighted by molar-refractivity contribution is 7.88. The minimum Gasteiger partial charge on any atom is -0.212 e. The molecule has 2 unspecified atom stereocenters. The fourth-order valence-electron chi connectivity index (χ4n) is 4.38. The molecule has 0 radical (unpaired) electrons. The van der Waals surface area contributed by atoms with Crippen molar-refractivity contribution in [2.24, 2.45) is 5.92 Å². The molecule has 1 fully saturated rings. The Kier molecular flexibility index (Phi) is 3.36. The molecular formula is C19H21NO2S. The van der Waals surface area contributed by atoms with E-state index in [1.807, 2.05) is 18.2 Å². The fraction of sp³-hybridized carbons (Fsp3) is 0.368. The van der Waals surface area contributed by atoms with E-state index in [2.05, 4.69) is 37.3 Å². The first-order valence-corrected chi connectivity index (χ1v) is 9.98. The highest BCUT2D eigenvalue weighted by Crippen LogP contribution is 2.54. The summed E-state index contributed by atoms with van der Waals surface area (Å²) in [6.07, 6.45) is 2.25. The standard InChI is InChI=1S/C19H21NO2S/c1-13-16-10-11-20(23(2,21)22)19(13)18-12-15(8-9-17(16)18)14-6-4-3-5-7-14/h3-9,12-13,16,19H,10-11H2,1-2H3/t13-,16?,19?/m0/s1. The third-order valence-corrected chi connectivity index (χ3v) is 6.70. The SMILES string of the molecule is C[C@H]1C2CCN(S(C)(=O)=O)C1c1cc(-c3ccccc3)ccc12. The van der Waals surface area contributed by atoms with Crippen LogP contribution in [-0.2, 0) is 10.0 Å². The van der Waals surface area contributed by atoms with E-state index in [4.69, 9.17) is 0 Å². The minimum absolute atomic E-state index is 0.0117. The van der Waals surface area contributed by atoms with Crippen LogP contribution in [0.15, 0.2) is 48.5 Å². The van der Waals surface area contributed by atoms with Crippen LogP contribution in [0.3, 0.4) is 0 Å². The molecule has 2 aromatic rings. The Bertz CT molecular complexity index is 845. The first-order valence-electron chi connectivity index (χ1n) is 8.13. The van der Waals surface area contributed by atoms with Gasteiger partial charge in [0.15, 0.2) is 0 Å². The molecule has 120 valence electrons. The molecular weight excluding hydrogens is 306 g/mol. The molecule has 23 heavy (non-hydrogen) atoms. The molecule has 2 bridgehead atoms. The van der Waals surface area contributed by atoms with Gasteiger partial charge in [0, 0.05) is 6.54 Å². The molecule has 0 aromatic heterocycles. The highest BCUT2D eigenvalue weighted by atomic mass is 32.2. The molecule has 0 spiro atoms. The van der Waals surface area contributed by atoms with Crippen molar-refractivity contribution in [3.05, 3.63) is 59.7 Å². The van der Waals surface area contributed by atoms with Crippen LogP contribution in [0.2, 0.25) is 0 Å². The average Bonchev–Trinajstić information content (AvgIpc) is 2.70. The molecule has 2 aliphatic rings. The van der Waals surface area contributed by atoms with Gasteiger partial charge < -0.3 is 0 Å². The van der Waals surface area contributed by atoms with E-state index in [0.29, 0.717) is 18.4 Å². The van der Waals surface area contributed by atoms with Crippen molar-refractivity contribution >= 4 is 10.0 Å². The molecule has 1 saturated heterocycles. The zero-order valence-electron chi connectivity index (χ0n) is 13.4. The number of hydrogen-bond acceptors (Lipinski definition) is 2. The maximum atomic E-state index is 12.2. The molecule has 0 amide bonds. The highest BCUT2D eigenvalue weighted by Gasteiger charge is 2.47. The third-order valence-electron chi connectivity index (χ3n) is 5.44. The predicted octanol–water partition coefficient (Wildman–Crippen LogP) is 3.79. The van der Waals surface area contributed by atoms with Crippen LogP contribution in [0.5, 0.6) is 0 Å².